The van der Waals surface area contributed by atoms with E-state index in [0.717, 1.165) is 35.6 Å². The van der Waals surface area contributed by atoms with E-state index in [1.54, 1.807) is 0 Å². The van der Waals surface area contributed by atoms with Crippen LogP contribution in [0.4, 0.5) is 11.8 Å². The molecule has 0 saturated carbocycles. The van der Waals surface area contributed by atoms with Crippen molar-refractivity contribution in [2.45, 2.75) is 26.4 Å². The van der Waals surface area contributed by atoms with Gasteiger partial charge in [0.1, 0.15) is 5.82 Å². The van der Waals surface area contributed by atoms with Crippen LogP contribution in [0.1, 0.15) is 16.8 Å². The van der Waals surface area contributed by atoms with Crippen molar-refractivity contribution >= 4 is 22.7 Å². The average molecular weight is 377 g/mol. The topological polar surface area (TPSA) is 65.4 Å². The third-order valence-electron chi connectivity index (χ3n) is 5.68. The third kappa shape index (κ3) is 3.40. The molecular formula is C22H27N5O. The first-order chi connectivity index (χ1) is 13.4. The van der Waals surface area contributed by atoms with E-state index in [1.165, 1.54) is 10.9 Å². The Hall–Kier alpha value is -2.73. The van der Waals surface area contributed by atoms with Crippen LogP contribution in [0.15, 0.2) is 36.5 Å². The molecule has 146 valence electrons. The Kier molecular flexibility index (Phi) is 4.89. The lowest BCUT2D eigenvalue weighted by Gasteiger charge is -2.22. The molecule has 0 aliphatic carbocycles. The number of hydrogen-bond donors (Lipinski definition) is 1. The molecule has 0 amide bonds. The van der Waals surface area contributed by atoms with Crippen molar-refractivity contribution in [1.82, 2.24) is 15.0 Å². The monoisotopic (exact) mass is 377 g/mol. The summed E-state index contributed by atoms with van der Waals surface area (Å²) in [6.07, 6.45) is 2.30. The second kappa shape index (κ2) is 7.36. The van der Waals surface area contributed by atoms with Gasteiger partial charge in [0.25, 0.3) is 0 Å². The zero-order chi connectivity index (χ0) is 19.8. The first-order valence-electron chi connectivity index (χ1n) is 9.72. The van der Waals surface area contributed by atoms with Gasteiger partial charge in [0.05, 0.1) is 11.6 Å². The van der Waals surface area contributed by atoms with E-state index in [0.29, 0.717) is 12.5 Å². The minimum absolute atomic E-state index is 0.156. The molecule has 2 atom stereocenters. The summed E-state index contributed by atoms with van der Waals surface area (Å²) in [4.78, 5) is 17.9. The molecule has 28 heavy (non-hydrogen) atoms. The van der Waals surface area contributed by atoms with Crippen LogP contribution in [0.3, 0.4) is 0 Å². The van der Waals surface area contributed by atoms with Crippen molar-refractivity contribution in [2.75, 3.05) is 37.0 Å². The molecule has 0 bridgehead atoms. The number of pyridine rings is 1. The Labute approximate surface area is 165 Å². The maximum atomic E-state index is 10.8. The molecule has 0 spiro atoms. The molecule has 0 radical (unpaired) electrons. The minimum atomic E-state index is -0.385. The minimum Gasteiger partial charge on any atom is -0.391 e. The molecule has 1 saturated heterocycles. The number of aromatic nitrogens is 3. The lowest BCUT2D eigenvalue weighted by atomic mass is 9.94. The van der Waals surface area contributed by atoms with Crippen LogP contribution in [-0.4, -0.2) is 53.3 Å². The van der Waals surface area contributed by atoms with Crippen molar-refractivity contribution in [1.29, 1.82) is 0 Å². The predicted molar refractivity (Wildman–Crippen MR) is 113 cm³/mol. The van der Waals surface area contributed by atoms with Gasteiger partial charge in [-0.05, 0) is 38.0 Å². The van der Waals surface area contributed by atoms with Crippen LogP contribution in [0.25, 0.3) is 10.9 Å². The molecule has 4 rings (SSSR count). The Balaban J connectivity index is 1.60. The van der Waals surface area contributed by atoms with Gasteiger partial charge in [-0.1, -0.05) is 18.2 Å². The van der Waals surface area contributed by atoms with Gasteiger partial charge in [0, 0.05) is 55.9 Å². The van der Waals surface area contributed by atoms with Gasteiger partial charge in [-0.3, -0.25) is 4.98 Å². The second-order valence-corrected chi connectivity index (χ2v) is 7.88. The third-order valence-corrected chi connectivity index (χ3v) is 5.68. The molecule has 6 nitrogen and oxygen atoms in total. The zero-order valence-corrected chi connectivity index (χ0v) is 16.9. The molecule has 1 N–H and O–H groups in total. The fraction of sp³-hybridized carbons (Fsp3) is 0.409. The molecule has 2 aromatic heterocycles. The van der Waals surface area contributed by atoms with Crippen molar-refractivity contribution < 1.29 is 5.11 Å². The van der Waals surface area contributed by atoms with Crippen molar-refractivity contribution in [3.8, 4) is 0 Å². The Morgan fingerprint density at radius 1 is 1.11 bits per heavy atom. The quantitative estimate of drug-likeness (QED) is 0.754. The summed E-state index contributed by atoms with van der Waals surface area (Å²) >= 11 is 0. The number of fused-ring (bicyclic) bond motifs is 1. The highest BCUT2D eigenvalue weighted by Gasteiger charge is 2.33. The summed E-state index contributed by atoms with van der Waals surface area (Å²) < 4.78 is 0. The number of hydrogen-bond acceptors (Lipinski definition) is 6. The molecule has 3 aromatic rings. The molecule has 1 aliphatic heterocycles. The van der Waals surface area contributed by atoms with Crippen LogP contribution < -0.4 is 9.80 Å². The molecule has 1 fully saturated rings. The Bertz CT molecular complexity index is 998. The standard InChI is InChI=1S/C22H27N5O/c1-14-15(2)24-22(26(3)4)25-21(14)27-12-17(20(28)13-27)11-16-9-10-23-19-8-6-5-7-18(16)19/h5-10,17,20,28H,11-13H2,1-4H3/t17-,20+/m1/s1. The average Bonchev–Trinajstić information content (AvgIpc) is 3.04. The van der Waals surface area contributed by atoms with Crippen LogP contribution in [-0.2, 0) is 6.42 Å². The summed E-state index contributed by atoms with van der Waals surface area (Å²) in [5.74, 6) is 1.79. The maximum absolute atomic E-state index is 10.8. The summed E-state index contributed by atoms with van der Waals surface area (Å²) in [6, 6.07) is 10.3. The van der Waals surface area contributed by atoms with Crippen molar-refractivity contribution in [3.05, 3.63) is 53.3 Å². The second-order valence-electron chi connectivity index (χ2n) is 7.88. The normalized spacial score (nSPS) is 19.4. The van der Waals surface area contributed by atoms with Crippen LogP contribution >= 0.6 is 0 Å². The van der Waals surface area contributed by atoms with E-state index in [4.69, 9.17) is 4.98 Å². The first kappa shape index (κ1) is 18.6. The molecule has 6 heteroatoms. The highest BCUT2D eigenvalue weighted by Crippen LogP contribution is 2.30. The largest absolute Gasteiger partial charge is 0.391 e. The van der Waals surface area contributed by atoms with Gasteiger partial charge in [-0.25, -0.2) is 4.98 Å². The number of aliphatic hydroxyl groups excluding tert-OH is 1. The van der Waals surface area contributed by atoms with E-state index >= 15 is 0 Å². The van der Waals surface area contributed by atoms with Gasteiger partial charge in [-0.2, -0.15) is 4.98 Å². The summed E-state index contributed by atoms with van der Waals surface area (Å²) in [5.41, 5.74) is 4.29. The lowest BCUT2D eigenvalue weighted by Crippen LogP contribution is -2.25. The fourth-order valence-corrected chi connectivity index (χ4v) is 3.95. The molecule has 3 heterocycles. The van der Waals surface area contributed by atoms with E-state index in [-0.39, 0.29) is 12.0 Å². The number of para-hydroxylation sites is 1. The number of nitrogens with zero attached hydrogens (tertiary/aromatic N) is 5. The van der Waals surface area contributed by atoms with Crippen LogP contribution in [0, 0.1) is 19.8 Å². The summed E-state index contributed by atoms with van der Waals surface area (Å²) in [6.45, 7) is 5.45. The summed E-state index contributed by atoms with van der Waals surface area (Å²) in [7, 11) is 3.90. The van der Waals surface area contributed by atoms with Crippen molar-refractivity contribution in [3.63, 3.8) is 0 Å². The predicted octanol–water partition coefficient (Wildman–Crippen LogP) is 2.75. The van der Waals surface area contributed by atoms with Gasteiger partial charge in [-0.15, -0.1) is 0 Å². The van der Waals surface area contributed by atoms with Crippen LogP contribution in [0.5, 0.6) is 0 Å². The number of benzene rings is 1. The first-order valence-corrected chi connectivity index (χ1v) is 9.72. The number of aliphatic hydroxyl groups is 1. The Morgan fingerprint density at radius 2 is 1.89 bits per heavy atom. The molecule has 0 unspecified atom stereocenters. The SMILES string of the molecule is Cc1nc(N(C)C)nc(N2C[C@@H](Cc3ccnc4ccccc34)[C@@H](O)C2)c1C. The summed E-state index contributed by atoms with van der Waals surface area (Å²) in [5, 5.41) is 11.9. The molecule has 1 aliphatic rings. The van der Waals surface area contributed by atoms with Gasteiger partial charge in [0.2, 0.25) is 5.95 Å². The van der Waals surface area contributed by atoms with E-state index in [1.807, 2.05) is 50.3 Å². The Morgan fingerprint density at radius 3 is 2.68 bits per heavy atom. The molecule has 1 aromatic carbocycles. The van der Waals surface area contributed by atoms with E-state index in [9.17, 15) is 5.11 Å². The highest BCUT2D eigenvalue weighted by atomic mass is 16.3. The number of aryl methyl sites for hydroxylation is 1. The van der Waals surface area contributed by atoms with Gasteiger partial charge >= 0.3 is 0 Å². The van der Waals surface area contributed by atoms with Crippen LogP contribution in [0.2, 0.25) is 0 Å². The van der Waals surface area contributed by atoms with Gasteiger partial charge < -0.3 is 14.9 Å². The van der Waals surface area contributed by atoms with E-state index < -0.39 is 0 Å². The number of rotatable bonds is 4. The molecular weight excluding hydrogens is 350 g/mol. The maximum Gasteiger partial charge on any atom is 0.227 e. The lowest BCUT2D eigenvalue weighted by molar-refractivity contribution is 0.148. The smallest absolute Gasteiger partial charge is 0.227 e. The van der Waals surface area contributed by atoms with Gasteiger partial charge in [0.15, 0.2) is 0 Å². The highest BCUT2D eigenvalue weighted by molar-refractivity contribution is 5.81. The van der Waals surface area contributed by atoms with Crippen molar-refractivity contribution in [2.24, 2.45) is 5.92 Å². The zero-order valence-electron chi connectivity index (χ0n) is 16.9. The van der Waals surface area contributed by atoms with E-state index in [2.05, 4.69) is 33.9 Å². The number of β-amino-alcohol motifs (C(OH)–C–C–N with tert-alkyl or cyclic N) is 1. The fourth-order valence-electron chi connectivity index (χ4n) is 3.95. The number of anilines is 2.